The highest BCUT2D eigenvalue weighted by molar-refractivity contribution is 7.93. The first kappa shape index (κ1) is 14.2. The van der Waals surface area contributed by atoms with Gasteiger partial charge in [0, 0.05) is 5.41 Å². The Kier molecular flexibility index (Phi) is 4.08. The third kappa shape index (κ3) is 4.45. The average Bonchev–Trinajstić information content (AvgIpc) is 2.67. The SMILES string of the molecule is CC1(C)OC[C@H](/C=C/S(=O)(=O)Cc2ccccc2)O1. The first-order valence-electron chi connectivity index (χ1n) is 6.13. The highest BCUT2D eigenvalue weighted by atomic mass is 32.2. The molecule has 0 saturated carbocycles. The monoisotopic (exact) mass is 282 g/mol. The van der Waals surface area contributed by atoms with Gasteiger partial charge in [0.25, 0.3) is 0 Å². The molecule has 5 heteroatoms. The van der Waals surface area contributed by atoms with E-state index in [-0.39, 0.29) is 11.9 Å². The molecule has 0 aliphatic carbocycles. The highest BCUT2D eigenvalue weighted by Crippen LogP contribution is 2.23. The van der Waals surface area contributed by atoms with Crippen molar-refractivity contribution in [2.45, 2.75) is 31.5 Å². The van der Waals surface area contributed by atoms with Gasteiger partial charge in [0.05, 0.1) is 12.4 Å². The minimum atomic E-state index is -3.28. The Morgan fingerprint density at radius 2 is 2.00 bits per heavy atom. The zero-order chi connectivity index (χ0) is 13.9. The van der Waals surface area contributed by atoms with E-state index in [1.807, 2.05) is 18.2 Å². The second kappa shape index (κ2) is 5.45. The van der Waals surface area contributed by atoms with Crippen LogP contribution < -0.4 is 0 Å². The fourth-order valence-electron chi connectivity index (χ4n) is 1.87. The second-order valence-corrected chi connectivity index (χ2v) is 6.88. The van der Waals surface area contributed by atoms with Crippen LogP contribution in [0.4, 0.5) is 0 Å². The molecule has 0 N–H and O–H groups in total. The van der Waals surface area contributed by atoms with E-state index in [2.05, 4.69) is 0 Å². The number of hydrogen-bond donors (Lipinski definition) is 0. The number of rotatable bonds is 4. The fraction of sp³-hybridized carbons (Fsp3) is 0.429. The van der Waals surface area contributed by atoms with E-state index in [0.29, 0.717) is 6.61 Å². The molecule has 1 heterocycles. The predicted molar refractivity (Wildman–Crippen MR) is 73.1 cm³/mol. The smallest absolute Gasteiger partial charge is 0.175 e. The number of ether oxygens (including phenoxy) is 2. The van der Waals surface area contributed by atoms with Gasteiger partial charge in [-0.3, -0.25) is 0 Å². The van der Waals surface area contributed by atoms with Crippen LogP contribution in [0.5, 0.6) is 0 Å². The van der Waals surface area contributed by atoms with Crippen LogP contribution in [0.3, 0.4) is 0 Å². The quantitative estimate of drug-likeness (QED) is 0.850. The molecule has 1 saturated heterocycles. The Balaban J connectivity index is 1.98. The number of benzene rings is 1. The maximum absolute atomic E-state index is 11.9. The summed E-state index contributed by atoms with van der Waals surface area (Å²) in [6.07, 6.45) is 1.24. The third-order valence-electron chi connectivity index (χ3n) is 2.74. The van der Waals surface area contributed by atoms with Crippen molar-refractivity contribution in [2.75, 3.05) is 6.61 Å². The van der Waals surface area contributed by atoms with Gasteiger partial charge in [0.2, 0.25) is 0 Å². The van der Waals surface area contributed by atoms with Crippen LogP contribution in [0.15, 0.2) is 41.8 Å². The summed E-state index contributed by atoms with van der Waals surface area (Å²) >= 11 is 0. The lowest BCUT2D eigenvalue weighted by Gasteiger charge is -2.15. The molecule has 0 radical (unpaired) electrons. The number of hydrogen-bond acceptors (Lipinski definition) is 4. The van der Waals surface area contributed by atoms with Gasteiger partial charge in [-0.25, -0.2) is 8.42 Å². The molecule has 0 bridgehead atoms. The van der Waals surface area contributed by atoms with Crippen molar-refractivity contribution < 1.29 is 17.9 Å². The van der Waals surface area contributed by atoms with Gasteiger partial charge in [-0.05, 0) is 25.5 Å². The lowest BCUT2D eigenvalue weighted by atomic mass is 10.2. The summed E-state index contributed by atoms with van der Waals surface area (Å²) in [4.78, 5) is 0. The molecule has 1 aliphatic rings. The van der Waals surface area contributed by atoms with E-state index in [9.17, 15) is 8.42 Å². The molecule has 1 atom stereocenters. The molecule has 1 aromatic carbocycles. The summed E-state index contributed by atoms with van der Waals surface area (Å²) in [6, 6.07) is 9.10. The lowest BCUT2D eigenvalue weighted by molar-refractivity contribution is -0.133. The molecule has 4 nitrogen and oxygen atoms in total. The van der Waals surface area contributed by atoms with Crippen LogP contribution >= 0.6 is 0 Å². The Morgan fingerprint density at radius 3 is 2.58 bits per heavy atom. The molecular weight excluding hydrogens is 264 g/mol. The molecule has 0 aromatic heterocycles. The van der Waals surface area contributed by atoms with Crippen molar-refractivity contribution in [3.63, 3.8) is 0 Å². The molecule has 2 rings (SSSR count). The Labute approximate surface area is 114 Å². The lowest BCUT2D eigenvalue weighted by Crippen LogP contribution is -2.20. The highest BCUT2D eigenvalue weighted by Gasteiger charge is 2.31. The largest absolute Gasteiger partial charge is 0.347 e. The Bertz CT molecular complexity index is 546. The first-order valence-corrected chi connectivity index (χ1v) is 7.84. The van der Waals surface area contributed by atoms with Gasteiger partial charge in [-0.2, -0.15) is 0 Å². The summed E-state index contributed by atoms with van der Waals surface area (Å²) in [7, 11) is -3.28. The maximum atomic E-state index is 11.9. The molecule has 0 spiro atoms. The van der Waals surface area contributed by atoms with Crippen molar-refractivity contribution in [2.24, 2.45) is 0 Å². The molecule has 1 fully saturated rings. The van der Waals surface area contributed by atoms with Gasteiger partial charge in [-0.15, -0.1) is 0 Å². The van der Waals surface area contributed by atoms with Crippen LogP contribution in [0.2, 0.25) is 0 Å². The van der Waals surface area contributed by atoms with Gasteiger partial charge in [0.1, 0.15) is 6.10 Å². The van der Waals surface area contributed by atoms with Crippen molar-refractivity contribution in [3.8, 4) is 0 Å². The molecule has 0 amide bonds. The van der Waals surface area contributed by atoms with Gasteiger partial charge >= 0.3 is 0 Å². The van der Waals surface area contributed by atoms with E-state index in [1.165, 1.54) is 5.41 Å². The van der Waals surface area contributed by atoms with Crippen LogP contribution in [0.1, 0.15) is 19.4 Å². The van der Waals surface area contributed by atoms with Crippen LogP contribution in [-0.2, 0) is 25.1 Å². The van der Waals surface area contributed by atoms with Crippen molar-refractivity contribution in [1.29, 1.82) is 0 Å². The van der Waals surface area contributed by atoms with Crippen LogP contribution in [0, 0.1) is 0 Å². The zero-order valence-electron chi connectivity index (χ0n) is 11.1. The third-order valence-corrected chi connectivity index (χ3v) is 4.05. The Morgan fingerprint density at radius 1 is 1.32 bits per heavy atom. The number of sulfone groups is 1. The van der Waals surface area contributed by atoms with E-state index >= 15 is 0 Å². The van der Waals surface area contributed by atoms with Gasteiger partial charge in [0.15, 0.2) is 15.6 Å². The summed E-state index contributed by atoms with van der Waals surface area (Å²) in [6.45, 7) is 3.99. The van der Waals surface area contributed by atoms with Crippen LogP contribution in [0.25, 0.3) is 0 Å². The molecule has 19 heavy (non-hydrogen) atoms. The van der Waals surface area contributed by atoms with Crippen molar-refractivity contribution in [1.82, 2.24) is 0 Å². The van der Waals surface area contributed by atoms with Gasteiger partial charge in [-0.1, -0.05) is 30.3 Å². The van der Waals surface area contributed by atoms with Crippen molar-refractivity contribution in [3.05, 3.63) is 47.4 Å². The molecule has 104 valence electrons. The standard InChI is InChI=1S/C14H18O4S/c1-14(2)17-10-13(18-14)8-9-19(15,16)11-12-6-4-3-5-7-12/h3-9,13H,10-11H2,1-2H3/b9-8+/t13-/m0/s1. The summed E-state index contributed by atoms with van der Waals surface area (Å²) in [5.74, 6) is -0.639. The summed E-state index contributed by atoms with van der Waals surface area (Å²) < 4.78 is 34.8. The summed E-state index contributed by atoms with van der Waals surface area (Å²) in [5, 5.41) is 1.22. The topological polar surface area (TPSA) is 52.6 Å². The first-order chi connectivity index (χ1) is 8.86. The molecule has 1 aliphatic heterocycles. The Hall–Kier alpha value is -1.17. The normalized spacial score (nSPS) is 22.9. The molecule has 1 aromatic rings. The fourth-order valence-corrected chi connectivity index (χ4v) is 3.04. The van der Waals surface area contributed by atoms with Crippen LogP contribution in [-0.4, -0.2) is 26.9 Å². The minimum Gasteiger partial charge on any atom is -0.347 e. The maximum Gasteiger partial charge on any atom is 0.175 e. The molecule has 0 unspecified atom stereocenters. The summed E-state index contributed by atoms with van der Waals surface area (Å²) in [5.41, 5.74) is 0.774. The van der Waals surface area contributed by atoms with E-state index in [4.69, 9.17) is 9.47 Å². The van der Waals surface area contributed by atoms with E-state index < -0.39 is 15.6 Å². The van der Waals surface area contributed by atoms with E-state index in [0.717, 1.165) is 5.56 Å². The minimum absolute atomic E-state index is 0.00130. The second-order valence-electron chi connectivity index (χ2n) is 4.99. The van der Waals surface area contributed by atoms with E-state index in [1.54, 1.807) is 32.1 Å². The molecular formula is C14H18O4S. The predicted octanol–water partition coefficient (Wildman–Crippen LogP) is 2.27. The van der Waals surface area contributed by atoms with Crippen molar-refractivity contribution >= 4 is 9.84 Å². The van der Waals surface area contributed by atoms with Gasteiger partial charge < -0.3 is 9.47 Å². The average molecular weight is 282 g/mol. The zero-order valence-corrected chi connectivity index (χ0v) is 11.9.